The molecular formula is C18H22O6. The lowest BCUT2D eigenvalue weighted by atomic mass is 10.0. The molecule has 0 atom stereocenters. The second-order valence-electron chi connectivity index (χ2n) is 5.20. The normalized spacial score (nSPS) is 10.3. The summed E-state index contributed by atoms with van der Waals surface area (Å²) in [5.41, 5.74) is 1.84. The fraction of sp³-hybridized carbons (Fsp3) is 0.333. The van der Waals surface area contributed by atoms with Gasteiger partial charge >= 0.3 is 0 Å². The highest BCUT2D eigenvalue weighted by Gasteiger charge is 2.14. The van der Waals surface area contributed by atoms with Crippen molar-refractivity contribution in [3.63, 3.8) is 0 Å². The summed E-state index contributed by atoms with van der Waals surface area (Å²) in [6, 6.07) is 7.00. The molecule has 0 saturated heterocycles. The van der Waals surface area contributed by atoms with Crippen molar-refractivity contribution < 1.29 is 29.2 Å². The Morgan fingerprint density at radius 2 is 1.12 bits per heavy atom. The van der Waals surface area contributed by atoms with Crippen LogP contribution in [0.1, 0.15) is 11.1 Å². The molecule has 6 heteroatoms. The SMILES string of the molecule is COc1cc(CCc2cc(OC)c(OC)c(OC)c2)cc(O)c1O. The van der Waals surface area contributed by atoms with Crippen molar-refractivity contribution in [2.45, 2.75) is 12.8 Å². The Bertz CT molecular complexity index is 686. The fourth-order valence-corrected chi connectivity index (χ4v) is 2.52. The first-order valence-electron chi connectivity index (χ1n) is 7.41. The second kappa shape index (κ2) is 7.68. The standard InChI is InChI=1S/C18H22O6/c1-21-14-8-11(7-13(19)17(14)20)5-6-12-9-15(22-2)18(24-4)16(10-12)23-3/h7-10,19-20H,5-6H2,1-4H3. The fourth-order valence-electron chi connectivity index (χ4n) is 2.52. The lowest BCUT2D eigenvalue weighted by Gasteiger charge is -2.14. The van der Waals surface area contributed by atoms with Crippen LogP contribution in [0.4, 0.5) is 0 Å². The van der Waals surface area contributed by atoms with Crippen LogP contribution >= 0.6 is 0 Å². The van der Waals surface area contributed by atoms with Gasteiger partial charge in [-0.25, -0.2) is 0 Å². The molecule has 0 aliphatic heterocycles. The molecule has 2 aromatic rings. The van der Waals surface area contributed by atoms with E-state index in [0.29, 0.717) is 30.1 Å². The van der Waals surface area contributed by atoms with Gasteiger partial charge in [0.15, 0.2) is 23.0 Å². The van der Waals surface area contributed by atoms with Crippen molar-refractivity contribution >= 4 is 0 Å². The van der Waals surface area contributed by atoms with Gasteiger partial charge in [-0.1, -0.05) is 0 Å². The average molecular weight is 334 g/mol. The van der Waals surface area contributed by atoms with Crippen LogP contribution in [0.5, 0.6) is 34.5 Å². The maximum Gasteiger partial charge on any atom is 0.203 e. The summed E-state index contributed by atoms with van der Waals surface area (Å²) in [5, 5.41) is 19.4. The number of rotatable bonds is 7. The molecule has 2 N–H and O–H groups in total. The maximum atomic E-state index is 9.76. The molecule has 2 rings (SSSR count). The summed E-state index contributed by atoms with van der Waals surface area (Å²) < 4.78 is 21.1. The third-order valence-electron chi connectivity index (χ3n) is 3.76. The largest absolute Gasteiger partial charge is 0.504 e. The van der Waals surface area contributed by atoms with Crippen LogP contribution in [0.2, 0.25) is 0 Å². The summed E-state index contributed by atoms with van der Waals surface area (Å²) in [4.78, 5) is 0. The molecule has 0 unspecified atom stereocenters. The van der Waals surface area contributed by atoms with E-state index >= 15 is 0 Å². The van der Waals surface area contributed by atoms with Crippen molar-refractivity contribution in [3.8, 4) is 34.5 Å². The van der Waals surface area contributed by atoms with Gasteiger partial charge in [-0.3, -0.25) is 0 Å². The third kappa shape index (κ3) is 3.59. The predicted octanol–water partition coefficient (Wildman–Crippen LogP) is 2.92. The summed E-state index contributed by atoms with van der Waals surface area (Å²) >= 11 is 0. The molecule has 6 nitrogen and oxygen atoms in total. The Hall–Kier alpha value is -2.76. The number of phenolic OH excluding ortho intramolecular Hbond substituents is 2. The zero-order chi connectivity index (χ0) is 17.7. The zero-order valence-electron chi connectivity index (χ0n) is 14.3. The van der Waals surface area contributed by atoms with Gasteiger partial charge < -0.3 is 29.2 Å². The van der Waals surface area contributed by atoms with E-state index in [2.05, 4.69) is 0 Å². The number of aromatic hydroxyl groups is 2. The van der Waals surface area contributed by atoms with Crippen molar-refractivity contribution in [1.82, 2.24) is 0 Å². The Kier molecular flexibility index (Phi) is 5.63. The number of hydrogen-bond donors (Lipinski definition) is 2. The first kappa shape index (κ1) is 17.6. The number of methoxy groups -OCH3 is 4. The van der Waals surface area contributed by atoms with Gasteiger partial charge in [0.1, 0.15) is 0 Å². The van der Waals surface area contributed by atoms with Crippen LogP contribution in [-0.2, 0) is 12.8 Å². The molecule has 0 saturated carbocycles. The van der Waals surface area contributed by atoms with Crippen molar-refractivity contribution in [2.24, 2.45) is 0 Å². The van der Waals surface area contributed by atoms with Gasteiger partial charge in [0.2, 0.25) is 11.5 Å². The van der Waals surface area contributed by atoms with E-state index in [4.69, 9.17) is 18.9 Å². The summed E-state index contributed by atoms with van der Waals surface area (Å²) in [6.07, 6.45) is 1.33. The second-order valence-corrected chi connectivity index (χ2v) is 5.20. The van der Waals surface area contributed by atoms with Gasteiger partial charge in [0.05, 0.1) is 28.4 Å². The Morgan fingerprint density at radius 3 is 1.58 bits per heavy atom. The molecule has 0 bridgehead atoms. The van der Waals surface area contributed by atoms with Crippen LogP contribution in [0.3, 0.4) is 0 Å². The Balaban J connectivity index is 2.25. The average Bonchev–Trinajstić information content (AvgIpc) is 2.61. The highest BCUT2D eigenvalue weighted by atomic mass is 16.5. The van der Waals surface area contributed by atoms with E-state index in [1.54, 1.807) is 27.4 Å². The summed E-state index contributed by atoms with van der Waals surface area (Å²) in [6.45, 7) is 0. The highest BCUT2D eigenvalue weighted by molar-refractivity contribution is 5.54. The van der Waals surface area contributed by atoms with Crippen LogP contribution < -0.4 is 18.9 Å². The molecule has 0 aromatic heterocycles. The van der Waals surface area contributed by atoms with Crippen LogP contribution in [0.15, 0.2) is 24.3 Å². The van der Waals surface area contributed by atoms with Crippen molar-refractivity contribution in [1.29, 1.82) is 0 Å². The number of ether oxygens (including phenoxy) is 4. The van der Waals surface area contributed by atoms with Gasteiger partial charge in [0, 0.05) is 0 Å². The number of aryl methyl sites for hydroxylation is 2. The Labute approximate surface area is 141 Å². The molecular weight excluding hydrogens is 312 g/mol. The maximum absolute atomic E-state index is 9.76. The smallest absolute Gasteiger partial charge is 0.203 e. The van der Waals surface area contributed by atoms with Gasteiger partial charge in [-0.15, -0.1) is 0 Å². The van der Waals surface area contributed by atoms with Crippen molar-refractivity contribution in [2.75, 3.05) is 28.4 Å². The van der Waals surface area contributed by atoms with E-state index in [1.807, 2.05) is 12.1 Å². The molecule has 0 amide bonds. The molecule has 0 spiro atoms. The zero-order valence-corrected chi connectivity index (χ0v) is 14.3. The van der Waals surface area contributed by atoms with Crippen LogP contribution in [-0.4, -0.2) is 38.7 Å². The van der Waals surface area contributed by atoms with E-state index < -0.39 is 0 Å². The highest BCUT2D eigenvalue weighted by Crippen LogP contribution is 2.39. The lowest BCUT2D eigenvalue weighted by molar-refractivity contribution is 0.324. The predicted molar refractivity (Wildman–Crippen MR) is 89.8 cm³/mol. The topological polar surface area (TPSA) is 77.4 Å². The van der Waals surface area contributed by atoms with Gasteiger partial charge in [-0.2, -0.15) is 0 Å². The molecule has 2 aromatic carbocycles. The molecule has 130 valence electrons. The minimum atomic E-state index is -0.256. The molecule has 0 radical (unpaired) electrons. The third-order valence-corrected chi connectivity index (χ3v) is 3.76. The van der Waals surface area contributed by atoms with E-state index in [9.17, 15) is 10.2 Å². The Morgan fingerprint density at radius 1 is 0.667 bits per heavy atom. The minimum absolute atomic E-state index is 0.200. The monoisotopic (exact) mass is 334 g/mol. The molecule has 0 heterocycles. The lowest BCUT2D eigenvalue weighted by Crippen LogP contribution is -1.99. The number of phenols is 2. The minimum Gasteiger partial charge on any atom is -0.504 e. The van der Waals surface area contributed by atoms with E-state index in [-0.39, 0.29) is 17.2 Å². The summed E-state index contributed by atoms with van der Waals surface area (Å²) in [5.74, 6) is 1.53. The van der Waals surface area contributed by atoms with Crippen LogP contribution in [0.25, 0.3) is 0 Å². The number of hydrogen-bond acceptors (Lipinski definition) is 6. The molecule has 0 fully saturated rings. The number of benzene rings is 2. The molecule has 0 aliphatic rings. The molecule has 24 heavy (non-hydrogen) atoms. The van der Waals surface area contributed by atoms with Gasteiger partial charge in [0.25, 0.3) is 0 Å². The first-order valence-corrected chi connectivity index (χ1v) is 7.41. The van der Waals surface area contributed by atoms with E-state index in [0.717, 1.165) is 11.1 Å². The van der Waals surface area contributed by atoms with Crippen LogP contribution in [0, 0.1) is 0 Å². The first-order chi connectivity index (χ1) is 11.5. The summed E-state index contributed by atoms with van der Waals surface area (Å²) in [7, 11) is 6.15. The van der Waals surface area contributed by atoms with Crippen molar-refractivity contribution in [3.05, 3.63) is 35.4 Å². The van der Waals surface area contributed by atoms with Gasteiger partial charge in [-0.05, 0) is 48.2 Å². The molecule has 0 aliphatic carbocycles. The quantitative estimate of drug-likeness (QED) is 0.758. The van der Waals surface area contributed by atoms with E-state index in [1.165, 1.54) is 13.2 Å².